The lowest BCUT2D eigenvalue weighted by Gasteiger charge is -2.05. The molecule has 4 heteroatoms. The van der Waals surface area contributed by atoms with Crippen LogP contribution in [0, 0.1) is 0 Å². The molecule has 3 nitrogen and oxygen atoms in total. The summed E-state index contributed by atoms with van der Waals surface area (Å²) in [5, 5.41) is 0.450. The number of rotatable bonds is 3. The van der Waals surface area contributed by atoms with Gasteiger partial charge in [-0.1, -0.05) is 15.9 Å². The molecule has 0 aromatic carbocycles. The molecule has 0 aliphatic carbocycles. The lowest BCUT2D eigenvalue weighted by molar-refractivity contribution is -0.144. The summed E-state index contributed by atoms with van der Waals surface area (Å²) in [5.41, 5.74) is 5.28. The lowest BCUT2D eigenvalue weighted by Crippen LogP contribution is -2.33. The third-order valence-corrected chi connectivity index (χ3v) is 1.45. The molecule has 0 aliphatic heterocycles. The molecule has 0 aromatic heterocycles. The predicted octanol–water partition coefficient (Wildman–Crippen LogP) is 0.272. The third-order valence-electron chi connectivity index (χ3n) is 0.756. The van der Waals surface area contributed by atoms with E-state index in [1.165, 1.54) is 0 Å². The first-order chi connectivity index (χ1) is 4.22. The van der Waals surface area contributed by atoms with Crippen molar-refractivity contribution in [2.45, 2.75) is 13.0 Å². The van der Waals surface area contributed by atoms with Crippen molar-refractivity contribution in [1.29, 1.82) is 0 Å². The molecule has 0 saturated carbocycles. The van der Waals surface area contributed by atoms with Crippen LogP contribution in [-0.4, -0.2) is 23.9 Å². The van der Waals surface area contributed by atoms with E-state index in [2.05, 4.69) is 20.7 Å². The monoisotopic (exact) mass is 195 g/mol. The van der Waals surface area contributed by atoms with Crippen molar-refractivity contribution in [3.8, 4) is 0 Å². The van der Waals surface area contributed by atoms with Crippen LogP contribution in [0.25, 0.3) is 0 Å². The van der Waals surface area contributed by atoms with E-state index in [9.17, 15) is 4.79 Å². The average molecular weight is 196 g/mol. The van der Waals surface area contributed by atoms with E-state index in [0.29, 0.717) is 11.9 Å². The highest BCUT2D eigenvalue weighted by Crippen LogP contribution is 1.89. The fourth-order valence-electron chi connectivity index (χ4n) is 0.312. The van der Waals surface area contributed by atoms with Gasteiger partial charge in [0.2, 0.25) is 0 Å². The van der Waals surface area contributed by atoms with Crippen molar-refractivity contribution in [3.63, 3.8) is 0 Å². The number of nitrogens with two attached hydrogens (primary N) is 1. The first-order valence-electron chi connectivity index (χ1n) is 2.70. The number of carbonyl (C=O) groups is 1. The van der Waals surface area contributed by atoms with Crippen molar-refractivity contribution < 1.29 is 9.53 Å². The zero-order valence-corrected chi connectivity index (χ0v) is 6.85. The van der Waals surface area contributed by atoms with E-state index in [1.807, 2.05) is 0 Å². The van der Waals surface area contributed by atoms with Crippen LogP contribution in [-0.2, 0) is 9.53 Å². The summed E-state index contributed by atoms with van der Waals surface area (Å²) in [6.45, 7) is 2.14. The fourth-order valence-corrected chi connectivity index (χ4v) is 0.577. The highest BCUT2D eigenvalue weighted by atomic mass is 79.9. The van der Waals surface area contributed by atoms with Crippen molar-refractivity contribution in [3.05, 3.63) is 0 Å². The Bertz CT molecular complexity index is 97.0. The molecule has 0 saturated heterocycles. The smallest absolute Gasteiger partial charge is 0.323 e. The number of alkyl halides is 1. The van der Waals surface area contributed by atoms with Gasteiger partial charge in [0, 0.05) is 5.33 Å². The maximum Gasteiger partial charge on any atom is 0.323 e. The molecule has 0 aromatic rings. The van der Waals surface area contributed by atoms with Crippen LogP contribution in [0.4, 0.5) is 0 Å². The number of hydrogen-bond acceptors (Lipinski definition) is 3. The number of hydrogen-bond donors (Lipinski definition) is 1. The second kappa shape index (κ2) is 4.76. The Morgan fingerprint density at radius 3 is 2.78 bits per heavy atom. The maximum absolute atomic E-state index is 10.6. The standard InChI is InChI=1S/C5H10BrNO2/c1-2-9-5(8)4(7)3-6/h4H,2-3,7H2,1H3/t4-/m0/s1. The summed E-state index contributed by atoms with van der Waals surface area (Å²) in [7, 11) is 0. The maximum atomic E-state index is 10.6. The topological polar surface area (TPSA) is 52.3 Å². The summed E-state index contributed by atoms with van der Waals surface area (Å²) in [6, 6.07) is -0.523. The molecule has 54 valence electrons. The summed E-state index contributed by atoms with van der Waals surface area (Å²) >= 11 is 3.06. The Labute approximate surface area is 62.7 Å². The van der Waals surface area contributed by atoms with Gasteiger partial charge >= 0.3 is 5.97 Å². The number of halogens is 1. The largest absolute Gasteiger partial charge is 0.465 e. The fraction of sp³-hybridized carbons (Fsp3) is 0.800. The second-order valence-electron chi connectivity index (χ2n) is 1.51. The van der Waals surface area contributed by atoms with Crippen molar-refractivity contribution in [2.24, 2.45) is 5.73 Å². The minimum absolute atomic E-state index is 0.352. The van der Waals surface area contributed by atoms with Crippen LogP contribution in [0.1, 0.15) is 6.92 Å². The van der Waals surface area contributed by atoms with Crippen LogP contribution in [0.3, 0.4) is 0 Å². The minimum atomic E-state index is -0.523. The zero-order valence-electron chi connectivity index (χ0n) is 5.26. The van der Waals surface area contributed by atoms with E-state index in [-0.39, 0.29) is 5.97 Å². The van der Waals surface area contributed by atoms with E-state index in [0.717, 1.165) is 0 Å². The Morgan fingerprint density at radius 1 is 1.89 bits per heavy atom. The van der Waals surface area contributed by atoms with Gasteiger partial charge in [-0.25, -0.2) is 0 Å². The molecule has 0 heterocycles. The van der Waals surface area contributed by atoms with Gasteiger partial charge in [0.15, 0.2) is 0 Å². The summed E-state index contributed by atoms with van der Waals surface area (Å²) in [4.78, 5) is 10.6. The zero-order chi connectivity index (χ0) is 7.28. The van der Waals surface area contributed by atoms with Gasteiger partial charge in [0.1, 0.15) is 6.04 Å². The summed E-state index contributed by atoms with van der Waals surface area (Å²) in [6.07, 6.45) is 0. The molecule has 0 bridgehead atoms. The molecule has 1 atom stereocenters. The molecule has 0 aliphatic rings. The van der Waals surface area contributed by atoms with Gasteiger partial charge in [-0.05, 0) is 6.92 Å². The van der Waals surface area contributed by atoms with Crippen molar-refractivity contribution in [2.75, 3.05) is 11.9 Å². The van der Waals surface area contributed by atoms with E-state index >= 15 is 0 Å². The summed E-state index contributed by atoms with van der Waals surface area (Å²) in [5.74, 6) is -0.352. The first-order valence-corrected chi connectivity index (χ1v) is 3.82. The highest BCUT2D eigenvalue weighted by Gasteiger charge is 2.11. The number of carbonyl (C=O) groups excluding carboxylic acids is 1. The second-order valence-corrected chi connectivity index (χ2v) is 2.16. The van der Waals surface area contributed by atoms with Crippen molar-refractivity contribution >= 4 is 21.9 Å². The molecule has 2 N–H and O–H groups in total. The van der Waals surface area contributed by atoms with E-state index in [4.69, 9.17) is 5.73 Å². The SMILES string of the molecule is CCOC(=O)[C@@H](N)CBr. The molecule has 0 spiro atoms. The molecule has 0 unspecified atom stereocenters. The summed E-state index contributed by atoms with van der Waals surface area (Å²) < 4.78 is 4.60. The number of ether oxygens (including phenoxy) is 1. The Hall–Kier alpha value is -0.0900. The highest BCUT2D eigenvalue weighted by molar-refractivity contribution is 9.09. The van der Waals surface area contributed by atoms with Gasteiger partial charge < -0.3 is 10.5 Å². The van der Waals surface area contributed by atoms with Gasteiger partial charge in [-0.2, -0.15) is 0 Å². The minimum Gasteiger partial charge on any atom is -0.465 e. The van der Waals surface area contributed by atoms with Crippen LogP contribution >= 0.6 is 15.9 Å². The van der Waals surface area contributed by atoms with Crippen LogP contribution < -0.4 is 5.73 Å². The molecular formula is C5H10BrNO2. The van der Waals surface area contributed by atoms with Crippen LogP contribution in [0.15, 0.2) is 0 Å². The number of esters is 1. The Balaban J connectivity index is 3.46. The normalized spacial score (nSPS) is 12.8. The Morgan fingerprint density at radius 2 is 2.44 bits per heavy atom. The molecule has 0 radical (unpaired) electrons. The van der Waals surface area contributed by atoms with E-state index < -0.39 is 6.04 Å². The predicted molar refractivity (Wildman–Crippen MR) is 38.4 cm³/mol. The Kier molecular flexibility index (Phi) is 4.71. The lowest BCUT2D eigenvalue weighted by atomic mass is 10.4. The van der Waals surface area contributed by atoms with Crippen LogP contribution in [0.5, 0.6) is 0 Å². The molecule has 0 amide bonds. The molecule has 9 heavy (non-hydrogen) atoms. The van der Waals surface area contributed by atoms with Crippen LogP contribution in [0.2, 0.25) is 0 Å². The van der Waals surface area contributed by atoms with Gasteiger partial charge in [0.25, 0.3) is 0 Å². The molecule has 0 rings (SSSR count). The quantitative estimate of drug-likeness (QED) is 0.520. The van der Waals surface area contributed by atoms with E-state index in [1.54, 1.807) is 6.92 Å². The van der Waals surface area contributed by atoms with Gasteiger partial charge in [-0.15, -0.1) is 0 Å². The average Bonchev–Trinajstić information content (AvgIpc) is 1.87. The first kappa shape index (κ1) is 8.91. The van der Waals surface area contributed by atoms with Crippen molar-refractivity contribution in [1.82, 2.24) is 0 Å². The van der Waals surface area contributed by atoms with Gasteiger partial charge in [-0.3, -0.25) is 4.79 Å². The molecule has 0 fully saturated rings. The molecular weight excluding hydrogens is 186 g/mol. The third kappa shape index (κ3) is 3.48. The van der Waals surface area contributed by atoms with Gasteiger partial charge in [0.05, 0.1) is 6.61 Å².